The van der Waals surface area contributed by atoms with Crippen molar-refractivity contribution in [1.82, 2.24) is 24.6 Å². The van der Waals surface area contributed by atoms with E-state index in [1.165, 1.54) is 51.4 Å². The molecule has 138 valence electrons. The molecule has 0 unspecified atom stereocenters. The maximum atomic E-state index is 13.1. The molecule has 1 aromatic heterocycles. The van der Waals surface area contributed by atoms with Crippen LogP contribution in [0.5, 0.6) is 0 Å². The number of carbonyl (C=O) groups is 1. The molecule has 3 fully saturated rings. The molecule has 2 saturated heterocycles. The zero-order valence-corrected chi connectivity index (χ0v) is 15.2. The molecule has 1 saturated carbocycles. The SMILES string of the molecule is O=C(CN1CCCC[C@@H]1Cn1cncn1)N1CCC[C@H]2CCCC[C@@H]21. The highest BCUT2D eigenvalue weighted by Gasteiger charge is 2.36. The van der Waals surface area contributed by atoms with E-state index in [1.54, 1.807) is 12.7 Å². The minimum Gasteiger partial charge on any atom is -0.338 e. The molecule has 6 nitrogen and oxygen atoms in total. The van der Waals surface area contributed by atoms with Gasteiger partial charge in [-0.25, -0.2) is 4.98 Å². The van der Waals surface area contributed by atoms with Crippen LogP contribution in [0.4, 0.5) is 0 Å². The second-order valence-corrected chi connectivity index (χ2v) is 8.08. The number of hydrogen-bond donors (Lipinski definition) is 0. The second kappa shape index (κ2) is 7.85. The molecule has 1 amide bonds. The van der Waals surface area contributed by atoms with E-state index in [4.69, 9.17) is 0 Å². The van der Waals surface area contributed by atoms with E-state index in [9.17, 15) is 4.79 Å². The molecular formula is C19H31N5O. The third-order valence-electron chi connectivity index (χ3n) is 6.52. The summed E-state index contributed by atoms with van der Waals surface area (Å²) in [5.41, 5.74) is 0. The van der Waals surface area contributed by atoms with Crippen molar-refractivity contribution in [3.05, 3.63) is 12.7 Å². The second-order valence-electron chi connectivity index (χ2n) is 8.08. The van der Waals surface area contributed by atoms with Crippen LogP contribution in [-0.2, 0) is 11.3 Å². The zero-order valence-electron chi connectivity index (χ0n) is 15.2. The zero-order chi connectivity index (χ0) is 17.1. The van der Waals surface area contributed by atoms with Crippen LogP contribution in [-0.4, -0.2) is 62.2 Å². The molecule has 3 heterocycles. The number of carbonyl (C=O) groups excluding carboxylic acids is 1. The standard InChI is InChI=1S/C19H31N5O/c25-19(24-11-5-7-16-6-1-2-9-18(16)24)13-22-10-4-3-8-17(22)12-23-15-20-14-21-23/h14-18H,1-13H2/t16-,17-,18+/m1/s1. The first-order valence-electron chi connectivity index (χ1n) is 10.2. The van der Waals surface area contributed by atoms with Crippen molar-refractivity contribution >= 4 is 5.91 Å². The minimum absolute atomic E-state index is 0.363. The van der Waals surface area contributed by atoms with Gasteiger partial charge in [0, 0.05) is 18.6 Å². The lowest BCUT2D eigenvalue weighted by Gasteiger charge is -2.45. The first-order chi connectivity index (χ1) is 12.3. The molecule has 25 heavy (non-hydrogen) atoms. The van der Waals surface area contributed by atoms with Gasteiger partial charge < -0.3 is 4.90 Å². The van der Waals surface area contributed by atoms with Gasteiger partial charge in [0.25, 0.3) is 0 Å². The molecule has 3 atom stereocenters. The first kappa shape index (κ1) is 17.0. The van der Waals surface area contributed by atoms with Crippen molar-refractivity contribution in [2.24, 2.45) is 5.92 Å². The molecule has 1 aromatic rings. The maximum Gasteiger partial charge on any atom is 0.237 e. The van der Waals surface area contributed by atoms with Crippen molar-refractivity contribution in [1.29, 1.82) is 0 Å². The molecule has 3 aliphatic rings. The van der Waals surface area contributed by atoms with Gasteiger partial charge in [-0.15, -0.1) is 0 Å². The van der Waals surface area contributed by atoms with Gasteiger partial charge in [-0.2, -0.15) is 5.10 Å². The molecular weight excluding hydrogens is 314 g/mol. The summed E-state index contributed by atoms with van der Waals surface area (Å²) in [6, 6.07) is 0.930. The summed E-state index contributed by atoms with van der Waals surface area (Å²) in [5.74, 6) is 1.13. The molecule has 1 aliphatic carbocycles. The highest BCUT2D eigenvalue weighted by molar-refractivity contribution is 5.78. The average Bonchev–Trinajstić information content (AvgIpc) is 3.16. The lowest BCUT2D eigenvalue weighted by molar-refractivity contribution is -0.139. The number of amides is 1. The van der Waals surface area contributed by atoms with Crippen LogP contribution >= 0.6 is 0 Å². The highest BCUT2D eigenvalue weighted by atomic mass is 16.2. The Kier molecular flexibility index (Phi) is 5.34. The molecule has 0 bridgehead atoms. The predicted molar refractivity (Wildman–Crippen MR) is 95.9 cm³/mol. The summed E-state index contributed by atoms with van der Waals surface area (Å²) >= 11 is 0. The molecule has 0 radical (unpaired) electrons. The Hall–Kier alpha value is -1.43. The third kappa shape index (κ3) is 3.89. The number of rotatable bonds is 4. The van der Waals surface area contributed by atoms with E-state index in [0.29, 0.717) is 24.5 Å². The fraction of sp³-hybridized carbons (Fsp3) is 0.842. The highest BCUT2D eigenvalue weighted by Crippen LogP contribution is 2.35. The van der Waals surface area contributed by atoms with Crippen LogP contribution < -0.4 is 0 Å². The Morgan fingerprint density at radius 3 is 2.72 bits per heavy atom. The van der Waals surface area contributed by atoms with Gasteiger partial charge in [0.2, 0.25) is 5.91 Å². The number of likely N-dealkylation sites (tertiary alicyclic amines) is 2. The van der Waals surface area contributed by atoms with Crippen LogP contribution in [0.1, 0.15) is 57.8 Å². The van der Waals surface area contributed by atoms with Gasteiger partial charge >= 0.3 is 0 Å². The Morgan fingerprint density at radius 2 is 1.84 bits per heavy atom. The van der Waals surface area contributed by atoms with Gasteiger partial charge in [-0.3, -0.25) is 14.4 Å². The predicted octanol–water partition coefficient (Wildman–Crippen LogP) is 2.31. The van der Waals surface area contributed by atoms with Crippen molar-refractivity contribution in [2.45, 2.75) is 76.4 Å². The summed E-state index contributed by atoms with van der Waals surface area (Å²) in [6.45, 7) is 3.44. The van der Waals surface area contributed by atoms with E-state index >= 15 is 0 Å². The van der Waals surface area contributed by atoms with Crippen molar-refractivity contribution < 1.29 is 4.79 Å². The van der Waals surface area contributed by atoms with Crippen molar-refractivity contribution in [2.75, 3.05) is 19.6 Å². The van der Waals surface area contributed by atoms with Gasteiger partial charge in [0.05, 0.1) is 13.1 Å². The van der Waals surface area contributed by atoms with Crippen LogP contribution in [0.25, 0.3) is 0 Å². The van der Waals surface area contributed by atoms with E-state index in [2.05, 4.69) is 19.9 Å². The largest absolute Gasteiger partial charge is 0.338 e. The van der Waals surface area contributed by atoms with Crippen molar-refractivity contribution in [3.8, 4) is 0 Å². The summed E-state index contributed by atoms with van der Waals surface area (Å²) in [5, 5.41) is 4.25. The average molecular weight is 345 g/mol. The monoisotopic (exact) mass is 345 g/mol. The Morgan fingerprint density at radius 1 is 1.00 bits per heavy atom. The van der Waals surface area contributed by atoms with Crippen LogP contribution in [0.3, 0.4) is 0 Å². The fourth-order valence-electron chi connectivity index (χ4n) is 5.22. The minimum atomic E-state index is 0.363. The fourth-order valence-corrected chi connectivity index (χ4v) is 5.22. The van der Waals surface area contributed by atoms with Gasteiger partial charge in [0.15, 0.2) is 0 Å². The maximum absolute atomic E-state index is 13.1. The Balaban J connectivity index is 1.39. The number of fused-ring (bicyclic) bond motifs is 1. The van der Waals surface area contributed by atoms with Gasteiger partial charge in [-0.1, -0.05) is 19.3 Å². The lowest BCUT2D eigenvalue weighted by Crippen LogP contribution is -2.54. The Bertz CT molecular complexity index is 558. The number of piperidine rings is 2. The summed E-state index contributed by atoms with van der Waals surface area (Å²) < 4.78 is 1.91. The first-order valence-corrected chi connectivity index (χ1v) is 10.2. The molecule has 0 N–H and O–H groups in total. The quantitative estimate of drug-likeness (QED) is 0.840. The van der Waals surface area contributed by atoms with Crippen LogP contribution in [0, 0.1) is 5.92 Å². The van der Waals surface area contributed by atoms with Gasteiger partial charge in [-0.05, 0) is 51.0 Å². The Labute approximate surface area is 150 Å². The van der Waals surface area contributed by atoms with Crippen LogP contribution in [0.2, 0.25) is 0 Å². The van der Waals surface area contributed by atoms with E-state index < -0.39 is 0 Å². The molecule has 0 spiro atoms. The molecule has 6 heteroatoms. The lowest BCUT2D eigenvalue weighted by atomic mass is 9.78. The molecule has 2 aliphatic heterocycles. The third-order valence-corrected chi connectivity index (χ3v) is 6.52. The van der Waals surface area contributed by atoms with E-state index in [0.717, 1.165) is 32.0 Å². The normalized spacial score (nSPS) is 30.9. The van der Waals surface area contributed by atoms with E-state index in [-0.39, 0.29) is 0 Å². The molecule has 0 aromatic carbocycles. The smallest absolute Gasteiger partial charge is 0.237 e. The molecule has 4 rings (SSSR count). The number of hydrogen-bond acceptors (Lipinski definition) is 4. The summed E-state index contributed by atoms with van der Waals surface area (Å²) in [7, 11) is 0. The number of nitrogens with zero attached hydrogens (tertiary/aromatic N) is 5. The topological polar surface area (TPSA) is 54.3 Å². The van der Waals surface area contributed by atoms with Crippen LogP contribution in [0.15, 0.2) is 12.7 Å². The van der Waals surface area contributed by atoms with Crippen molar-refractivity contribution in [3.63, 3.8) is 0 Å². The summed E-state index contributed by atoms with van der Waals surface area (Å²) in [4.78, 5) is 21.8. The number of aromatic nitrogens is 3. The summed E-state index contributed by atoms with van der Waals surface area (Å²) in [6.07, 6.45) is 14.7. The van der Waals surface area contributed by atoms with Gasteiger partial charge in [0.1, 0.15) is 12.7 Å². The van der Waals surface area contributed by atoms with E-state index in [1.807, 2.05) is 4.68 Å².